The Bertz CT molecular complexity index is 717. The molecule has 2 rings (SSSR count). The standard InChI is InChI=1S/C18H26N3O4/c1-16(2,3)25-15(22)19-13-10-8-9-12(11-13)14-20(23)17(4,5)18(6,7)21(14)24/h8-11H,1-7H3,(H,19,22). The fourth-order valence-corrected chi connectivity index (χ4v) is 2.50. The third kappa shape index (κ3) is 3.42. The first-order chi connectivity index (χ1) is 11.3. The molecule has 137 valence electrons. The summed E-state index contributed by atoms with van der Waals surface area (Å²) in [6.45, 7) is 12.3. The number of nitrogens with zero attached hydrogens (tertiary/aromatic N) is 2. The highest BCUT2D eigenvalue weighted by atomic mass is 16.6. The first kappa shape index (κ1) is 19.1. The molecule has 7 nitrogen and oxygen atoms in total. The van der Waals surface area contributed by atoms with Crippen LogP contribution < -0.4 is 5.32 Å². The summed E-state index contributed by atoms with van der Waals surface area (Å²) in [5.41, 5.74) is -1.51. The molecule has 1 radical (unpaired) electrons. The number of benzene rings is 1. The molecule has 1 aliphatic heterocycles. The van der Waals surface area contributed by atoms with Crippen molar-refractivity contribution in [1.29, 1.82) is 0 Å². The summed E-state index contributed by atoms with van der Waals surface area (Å²) in [7, 11) is 0. The maximum absolute atomic E-state index is 12.7. The Labute approximate surface area is 148 Å². The van der Waals surface area contributed by atoms with Gasteiger partial charge in [-0.15, -0.1) is 0 Å². The second-order valence-corrected chi connectivity index (χ2v) is 8.24. The lowest BCUT2D eigenvalue weighted by Gasteiger charge is -2.32. The number of hydroxylamine groups is 3. The van der Waals surface area contributed by atoms with Gasteiger partial charge in [-0.1, -0.05) is 11.1 Å². The van der Waals surface area contributed by atoms with Gasteiger partial charge in [0.25, 0.3) is 0 Å². The van der Waals surface area contributed by atoms with Crippen LogP contribution in [0, 0.1) is 5.21 Å². The summed E-state index contributed by atoms with van der Waals surface area (Å²) in [6.07, 6.45) is -0.598. The van der Waals surface area contributed by atoms with E-state index in [2.05, 4.69) is 5.32 Å². The van der Waals surface area contributed by atoms with E-state index in [1.807, 2.05) is 0 Å². The summed E-state index contributed by atoms with van der Waals surface area (Å²) >= 11 is 0. The molecule has 1 heterocycles. The number of nitrogens with one attached hydrogen (secondary N) is 1. The third-order valence-corrected chi connectivity index (χ3v) is 4.66. The van der Waals surface area contributed by atoms with Crippen molar-refractivity contribution < 1.29 is 19.5 Å². The minimum atomic E-state index is -0.890. The lowest BCUT2D eigenvalue weighted by atomic mass is 9.84. The van der Waals surface area contributed by atoms with E-state index in [0.717, 1.165) is 9.80 Å². The van der Waals surface area contributed by atoms with Crippen molar-refractivity contribution in [3.05, 3.63) is 35.0 Å². The van der Waals surface area contributed by atoms with Crippen molar-refractivity contribution >= 4 is 17.6 Å². The molecule has 0 aliphatic carbocycles. The molecular weight excluding hydrogens is 322 g/mol. The van der Waals surface area contributed by atoms with Crippen molar-refractivity contribution in [2.75, 3.05) is 5.32 Å². The van der Waals surface area contributed by atoms with Gasteiger partial charge in [0.05, 0.1) is 5.56 Å². The fourth-order valence-electron chi connectivity index (χ4n) is 2.50. The van der Waals surface area contributed by atoms with Crippen LogP contribution in [0.1, 0.15) is 54.0 Å². The Morgan fingerprint density at radius 1 is 1.24 bits per heavy atom. The highest BCUT2D eigenvalue weighted by molar-refractivity contribution is 5.97. The van der Waals surface area contributed by atoms with Crippen LogP contribution in [-0.2, 0) is 9.94 Å². The third-order valence-electron chi connectivity index (χ3n) is 4.66. The van der Waals surface area contributed by atoms with Gasteiger partial charge >= 0.3 is 11.9 Å². The highest BCUT2D eigenvalue weighted by Crippen LogP contribution is 2.37. The second kappa shape index (κ2) is 5.91. The molecule has 0 fully saturated rings. The van der Waals surface area contributed by atoms with Crippen LogP contribution in [0.15, 0.2) is 24.3 Å². The van der Waals surface area contributed by atoms with Crippen molar-refractivity contribution in [3.63, 3.8) is 0 Å². The van der Waals surface area contributed by atoms with E-state index in [0.29, 0.717) is 11.3 Å². The summed E-state index contributed by atoms with van der Waals surface area (Å²) in [6, 6.07) is 6.61. The maximum Gasteiger partial charge on any atom is 0.412 e. The summed E-state index contributed by atoms with van der Waals surface area (Å²) in [5.74, 6) is 0.0304. The Kier molecular flexibility index (Phi) is 4.50. The number of ether oxygens (including phenoxy) is 1. The number of rotatable bonds is 2. The lowest BCUT2D eigenvalue weighted by molar-refractivity contribution is -0.539. The van der Waals surface area contributed by atoms with E-state index in [1.165, 1.54) is 0 Å². The van der Waals surface area contributed by atoms with Crippen LogP contribution in [0.4, 0.5) is 10.5 Å². The van der Waals surface area contributed by atoms with Crippen molar-refractivity contribution in [2.45, 2.75) is 65.1 Å². The molecule has 25 heavy (non-hydrogen) atoms. The van der Waals surface area contributed by atoms with Crippen LogP contribution in [0.2, 0.25) is 0 Å². The summed E-state index contributed by atoms with van der Waals surface area (Å²) < 4.78 is 5.96. The predicted octanol–water partition coefficient (Wildman–Crippen LogP) is 3.51. The number of amidine groups is 1. The minimum Gasteiger partial charge on any atom is -0.714 e. The van der Waals surface area contributed by atoms with Crippen LogP contribution in [0.3, 0.4) is 0 Å². The van der Waals surface area contributed by atoms with Gasteiger partial charge in [-0.05, 0) is 66.7 Å². The monoisotopic (exact) mass is 348 g/mol. The summed E-state index contributed by atoms with van der Waals surface area (Å²) in [4.78, 5) is 11.9. The molecule has 0 bridgehead atoms. The Balaban J connectivity index is 2.34. The van der Waals surface area contributed by atoms with Gasteiger partial charge in [0, 0.05) is 10.9 Å². The molecule has 1 aromatic carbocycles. The molecule has 7 heteroatoms. The largest absolute Gasteiger partial charge is 0.714 e. The van der Waals surface area contributed by atoms with Gasteiger partial charge in [0.1, 0.15) is 11.1 Å². The van der Waals surface area contributed by atoms with Crippen LogP contribution in [0.25, 0.3) is 0 Å². The van der Waals surface area contributed by atoms with Gasteiger partial charge in [0.15, 0.2) is 5.54 Å². The molecule has 1 aliphatic rings. The van der Waals surface area contributed by atoms with Gasteiger partial charge < -0.3 is 9.94 Å². The lowest BCUT2D eigenvalue weighted by Crippen LogP contribution is -2.53. The fraction of sp³-hybridized carbons (Fsp3) is 0.556. The molecule has 0 atom stereocenters. The first-order valence-corrected chi connectivity index (χ1v) is 8.19. The van der Waals surface area contributed by atoms with Crippen LogP contribution in [0.5, 0.6) is 0 Å². The van der Waals surface area contributed by atoms with E-state index in [1.54, 1.807) is 72.7 Å². The van der Waals surface area contributed by atoms with Gasteiger partial charge in [-0.3, -0.25) is 10.1 Å². The molecular formula is C18H26N3O4. The van der Waals surface area contributed by atoms with E-state index in [4.69, 9.17) is 4.74 Å². The molecule has 1 amide bonds. The SMILES string of the molecule is CC(C)(C)OC(=O)Nc1cccc(C2=[N+]([O-])C(C)(C)C(C)(C)N2[O])c1. The number of carbonyl (C=O) groups is 1. The number of carbonyl (C=O) groups excluding carboxylic acids is 1. The average Bonchev–Trinajstić information content (AvgIpc) is 2.55. The molecule has 0 saturated carbocycles. The number of anilines is 1. The van der Waals surface area contributed by atoms with Crippen LogP contribution in [-0.4, -0.2) is 38.4 Å². The Morgan fingerprint density at radius 3 is 2.32 bits per heavy atom. The molecule has 0 unspecified atom stereocenters. The van der Waals surface area contributed by atoms with E-state index in [9.17, 15) is 15.2 Å². The van der Waals surface area contributed by atoms with E-state index < -0.39 is 22.8 Å². The highest BCUT2D eigenvalue weighted by Gasteiger charge is 2.59. The predicted molar refractivity (Wildman–Crippen MR) is 94.7 cm³/mol. The Morgan fingerprint density at radius 2 is 1.84 bits per heavy atom. The smallest absolute Gasteiger partial charge is 0.412 e. The normalized spacial score (nSPS) is 19.1. The zero-order valence-electron chi connectivity index (χ0n) is 15.8. The van der Waals surface area contributed by atoms with Crippen molar-refractivity contribution in [2.24, 2.45) is 0 Å². The summed E-state index contributed by atoms with van der Waals surface area (Å²) in [5, 5.41) is 28.8. The molecule has 0 saturated heterocycles. The topological polar surface area (TPSA) is 87.5 Å². The second-order valence-electron chi connectivity index (χ2n) is 8.24. The zero-order valence-corrected chi connectivity index (χ0v) is 15.8. The van der Waals surface area contributed by atoms with Crippen LogP contribution >= 0.6 is 0 Å². The molecule has 0 spiro atoms. The van der Waals surface area contributed by atoms with Crippen molar-refractivity contribution in [1.82, 2.24) is 5.06 Å². The zero-order chi connectivity index (χ0) is 19.2. The maximum atomic E-state index is 12.7. The number of amides is 1. The number of hydrogen-bond acceptors (Lipinski definition) is 4. The first-order valence-electron chi connectivity index (χ1n) is 8.19. The quantitative estimate of drug-likeness (QED) is 0.654. The van der Waals surface area contributed by atoms with E-state index in [-0.39, 0.29) is 5.84 Å². The van der Waals surface area contributed by atoms with Gasteiger partial charge in [-0.2, -0.15) is 0 Å². The van der Waals surface area contributed by atoms with Crippen molar-refractivity contribution in [3.8, 4) is 0 Å². The molecule has 1 N–H and O–H groups in total. The molecule has 0 aromatic heterocycles. The Hall–Kier alpha value is -2.28. The molecule has 1 aromatic rings. The van der Waals surface area contributed by atoms with E-state index >= 15 is 0 Å². The minimum absolute atomic E-state index is 0.0304. The van der Waals surface area contributed by atoms with Gasteiger partial charge in [0.2, 0.25) is 0 Å². The van der Waals surface area contributed by atoms with Gasteiger partial charge in [-0.25, -0.2) is 4.79 Å². The number of hydrogen-bond donors (Lipinski definition) is 1. The average molecular weight is 348 g/mol.